The Kier molecular flexibility index (Phi) is 3.23. The van der Waals surface area contributed by atoms with Crippen LogP contribution in [0, 0.1) is 0 Å². The summed E-state index contributed by atoms with van der Waals surface area (Å²) in [6.07, 6.45) is 4.32. The van der Waals surface area contributed by atoms with Crippen LogP contribution in [0.4, 0.5) is 11.4 Å². The number of aromatic nitrogens is 2. The van der Waals surface area contributed by atoms with Crippen molar-refractivity contribution in [2.75, 3.05) is 23.9 Å². The van der Waals surface area contributed by atoms with Gasteiger partial charge in [0.05, 0.1) is 11.9 Å². The number of benzene rings is 1. The van der Waals surface area contributed by atoms with E-state index in [0.717, 1.165) is 0 Å². The van der Waals surface area contributed by atoms with E-state index in [2.05, 4.69) is 15.3 Å². The van der Waals surface area contributed by atoms with E-state index in [4.69, 9.17) is 4.74 Å². The van der Waals surface area contributed by atoms with Crippen LogP contribution in [0.1, 0.15) is 10.5 Å². The summed E-state index contributed by atoms with van der Waals surface area (Å²) in [7, 11) is 1.66. The molecule has 7 nitrogen and oxygen atoms in total. The standard InChI is InChI=1S/C14H12N4O3/c1-18-11-6-9(2-3-12(11)21-8-13(18)19)17-14(20)10-7-15-4-5-16-10/h2-7H,8H2,1H3,(H,17,20). The summed E-state index contributed by atoms with van der Waals surface area (Å²) >= 11 is 0. The zero-order chi connectivity index (χ0) is 14.8. The first-order valence-electron chi connectivity index (χ1n) is 6.26. The summed E-state index contributed by atoms with van der Waals surface area (Å²) in [5, 5.41) is 2.71. The van der Waals surface area contributed by atoms with Crippen LogP contribution in [-0.4, -0.2) is 35.4 Å². The number of amides is 2. The topological polar surface area (TPSA) is 84.4 Å². The average molecular weight is 284 g/mol. The number of rotatable bonds is 2. The first-order chi connectivity index (χ1) is 10.1. The molecule has 1 aliphatic heterocycles. The maximum Gasteiger partial charge on any atom is 0.275 e. The highest BCUT2D eigenvalue weighted by Crippen LogP contribution is 2.33. The quantitative estimate of drug-likeness (QED) is 0.892. The first-order valence-corrected chi connectivity index (χ1v) is 6.26. The third kappa shape index (κ3) is 2.53. The Hall–Kier alpha value is -2.96. The van der Waals surface area contributed by atoms with E-state index < -0.39 is 0 Å². The summed E-state index contributed by atoms with van der Waals surface area (Å²) in [4.78, 5) is 32.9. The normalized spacial score (nSPS) is 13.4. The number of ether oxygens (including phenoxy) is 1. The van der Waals surface area contributed by atoms with Crippen molar-refractivity contribution >= 4 is 23.2 Å². The van der Waals surface area contributed by atoms with Crippen molar-refractivity contribution in [2.24, 2.45) is 0 Å². The van der Waals surface area contributed by atoms with Crippen LogP contribution in [0.25, 0.3) is 0 Å². The summed E-state index contributed by atoms with van der Waals surface area (Å²) in [6, 6.07) is 5.10. The van der Waals surface area contributed by atoms with Gasteiger partial charge in [-0.05, 0) is 18.2 Å². The van der Waals surface area contributed by atoms with E-state index in [0.29, 0.717) is 17.1 Å². The van der Waals surface area contributed by atoms with Gasteiger partial charge in [0.2, 0.25) is 0 Å². The molecule has 0 aliphatic carbocycles. The van der Waals surface area contributed by atoms with Gasteiger partial charge in [-0.25, -0.2) is 4.98 Å². The lowest BCUT2D eigenvalue weighted by molar-refractivity contribution is -0.120. The summed E-state index contributed by atoms with van der Waals surface area (Å²) in [5.74, 6) is 0.100. The Morgan fingerprint density at radius 3 is 3.00 bits per heavy atom. The predicted molar refractivity (Wildman–Crippen MR) is 75.3 cm³/mol. The fourth-order valence-electron chi connectivity index (χ4n) is 1.96. The van der Waals surface area contributed by atoms with Gasteiger partial charge in [0, 0.05) is 25.1 Å². The lowest BCUT2D eigenvalue weighted by atomic mass is 10.2. The lowest BCUT2D eigenvalue weighted by Crippen LogP contribution is -2.35. The van der Waals surface area contributed by atoms with Gasteiger partial charge in [0.15, 0.2) is 6.61 Å². The molecule has 21 heavy (non-hydrogen) atoms. The third-order valence-electron chi connectivity index (χ3n) is 3.10. The molecule has 1 aromatic heterocycles. The molecule has 0 spiro atoms. The van der Waals surface area contributed by atoms with Gasteiger partial charge in [0.25, 0.3) is 11.8 Å². The highest BCUT2D eigenvalue weighted by molar-refractivity contribution is 6.04. The number of fused-ring (bicyclic) bond motifs is 1. The molecule has 0 unspecified atom stereocenters. The maximum atomic E-state index is 12.0. The highest BCUT2D eigenvalue weighted by atomic mass is 16.5. The Morgan fingerprint density at radius 2 is 2.24 bits per heavy atom. The Bertz CT molecular complexity index is 703. The number of hydrogen-bond donors (Lipinski definition) is 1. The van der Waals surface area contributed by atoms with Gasteiger partial charge in [-0.1, -0.05) is 0 Å². The van der Waals surface area contributed by atoms with E-state index >= 15 is 0 Å². The molecule has 1 aliphatic rings. The summed E-state index contributed by atoms with van der Waals surface area (Å²) in [6.45, 7) is 0.0226. The van der Waals surface area contributed by atoms with E-state index in [-0.39, 0.29) is 24.1 Å². The van der Waals surface area contributed by atoms with E-state index in [9.17, 15) is 9.59 Å². The second-order valence-electron chi connectivity index (χ2n) is 4.47. The van der Waals surface area contributed by atoms with Gasteiger partial charge in [-0.2, -0.15) is 0 Å². The maximum absolute atomic E-state index is 12.0. The SMILES string of the molecule is CN1C(=O)COc2ccc(NC(=O)c3cnccn3)cc21. The van der Waals surface area contributed by atoms with Crippen LogP contribution in [0.2, 0.25) is 0 Å². The van der Waals surface area contributed by atoms with Crippen LogP contribution >= 0.6 is 0 Å². The Balaban J connectivity index is 1.84. The van der Waals surface area contributed by atoms with Crippen LogP contribution in [0.15, 0.2) is 36.8 Å². The molecule has 2 heterocycles. The molecule has 0 radical (unpaired) electrons. The number of hydrogen-bond acceptors (Lipinski definition) is 5. The number of anilines is 2. The highest BCUT2D eigenvalue weighted by Gasteiger charge is 2.22. The van der Waals surface area contributed by atoms with Crippen molar-refractivity contribution in [1.29, 1.82) is 0 Å². The Labute approximate surface area is 120 Å². The minimum atomic E-state index is -0.367. The number of carbonyl (C=O) groups is 2. The van der Waals surface area contributed by atoms with E-state index in [1.54, 1.807) is 25.2 Å². The molecule has 1 aromatic carbocycles. The fourth-order valence-corrected chi connectivity index (χ4v) is 1.96. The molecule has 0 saturated carbocycles. The number of likely N-dealkylation sites (N-methyl/N-ethyl adjacent to an activating group) is 1. The predicted octanol–water partition coefficient (Wildman–Crippen LogP) is 1.08. The molecule has 3 rings (SSSR count). The third-order valence-corrected chi connectivity index (χ3v) is 3.10. The van der Waals surface area contributed by atoms with Gasteiger partial charge in [0.1, 0.15) is 11.4 Å². The molecule has 0 fully saturated rings. The van der Waals surface area contributed by atoms with E-state index in [1.807, 2.05) is 0 Å². The molecule has 1 N–H and O–H groups in total. The zero-order valence-corrected chi connectivity index (χ0v) is 11.2. The minimum Gasteiger partial charge on any atom is -0.482 e. The number of nitrogens with one attached hydrogen (secondary N) is 1. The Morgan fingerprint density at radius 1 is 1.38 bits per heavy atom. The second kappa shape index (κ2) is 5.20. The van der Waals surface area contributed by atoms with Crippen LogP contribution < -0.4 is 15.0 Å². The van der Waals surface area contributed by atoms with Gasteiger partial charge in [-0.15, -0.1) is 0 Å². The molecule has 0 saturated heterocycles. The summed E-state index contributed by atoms with van der Waals surface area (Å²) < 4.78 is 5.32. The van der Waals surface area contributed by atoms with Crippen LogP contribution in [0.3, 0.4) is 0 Å². The van der Waals surface area contributed by atoms with Gasteiger partial charge < -0.3 is 15.0 Å². The van der Waals surface area contributed by atoms with E-state index in [1.165, 1.54) is 23.5 Å². The molecule has 7 heteroatoms. The summed E-state index contributed by atoms with van der Waals surface area (Å²) in [5.41, 5.74) is 1.38. The number of nitrogens with zero attached hydrogens (tertiary/aromatic N) is 3. The molecule has 2 aromatic rings. The van der Waals surface area contributed by atoms with Crippen molar-refractivity contribution in [1.82, 2.24) is 9.97 Å². The average Bonchev–Trinajstić information content (AvgIpc) is 2.52. The van der Waals surface area contributed by atoms with Crippen molar-refractivity contribution in [3.8, 4) is 5.75 Å². The zero-order valence-electron chi connectivity index (χ0n) is 11.2. The molecule has 0 bridgehead atoms. The molecule has 106 valence electrons. The largest absolute Gasteiger partial charge is 0.482 e. The second-order valence-corrected chi connectivity index (χ2v) is 4.47. The van der Waals surface area contributed by atoms with Gasteiger partial charge in [-0.3, -0.25) is 14.6 Å². The monoisotopic (exact) mass is 284 g/mol. The van der Waals surface area contributed by atoms with Crippen molar-refractivity contribution in [3.05, 3.63) is 42.5 Å². The van der Waals surface area contributed by atoms with Crippen molar-refractivity contribution in [3.63, 3.8) is 0 Å². The van der Waals surface area contributed by atoms with Crippen molar-refractivity contribution < 1.29 is 14.3 Å². The molecular formula is C14H12N4O3. The first kappa shape index (κ1) is 13.0. The molecule has 0 atom stereocenters. The lowest BCUT2D eigenvalue weighted by Gasteiger charge is -2.26. The fraction of sp³-hybridized carbons (Fsp3) is 0.143. The van der Waals surface area contributed by atoms with Gasteiger partial charge >= 0.3 is 0 Å². The van der Waals surface area contributed by atoms with Crippen LogP contribution in [0.5, 0.6) is 5.75 Å². The molecular weight excluding hydrogens is 272 g/mol. The molecule has 2 amide bonds. The van der Waals surface area contributed by atoms with Crippen molar-refractivity contribution in [2.45, 2.75) is 0 Å². The van der Waals surface area contributed by atoms with Crippen LogP contribution in [-0.2, 0) is 4.79 Å². The minimum absolute atomic E-state index is 0.0226. The smallest absolute Gasteiger partial charge is 0.275 e. The number of carbonyl (C=O) groups excluding carboxylic acids is 2.